The maximum absolute atomic E-state index is 12.5. The van der Waals surface area contributed by atoms with Crippen molar-refractivity contribution in [1.29, 1.82) is 0 Å². The number of esters is 2. The van der Waals surface area contributed by atoms with Gasteiger partial charge < -0.3 is 24.3 Å². The van der Waals surface area contributed by atoms with Crippen molar-refractivity contribution in [3.63, 3.8) is 0 Å². The van der Waals surface area contributed by atoms with Crippen molar-refractivity contribution in [2.45, 2.75) is 40.2 Å². The van der Waals surface area contributed by atoms with Gasteiger partial charge in [-0.2, -0.15) is 0 Å². The van der Waals surface area contributed by atoms with Crippen molar-refractivity contribution in [3.05, 3.63) is 23.8 Å². The number of ether oxygens (including phenoxy) is 4. The van der Waals surface area contributed by atoms with Crippen LogP contribution in [0.2, 0.25) is 0 Å². The minimum atomic E-state index is -1.02. The molecule has 1 N–H and O–H groups in total. The molecule has 27 heavy (non-hydrogen) atoms. The number of hydrogen-bond acceptors (Lipinski definition) is 7. The highest BCUT2D eigenvalue weighted by Gasteiger charge is 2.32. The predicted octanol–water partition coefficient (Wildman–Crippen LogP) is 2.94. The molecule has 0 radical (unpaired) electrons. The molecule has 1 aromatic rings. The maximum Gasteiger partial charge on any atom is 0.407 e. The Morgan fingerprint density at radius 2 is 1.63 bits per heavy atom. The first-order valence-electron chi connectivity index (χ1n) is 8.35. The van der Waals surface area contributed by atoms with Crippen molar-refractivity contribution < 1.29 is 33.3 Å². The number of methoxy groups -OCH3 is 2. The molecule has 0 heterocycles. The Bertz CT molecular complexity index is 704. The van der Waals surface area contributed by atoms with E-state index < -0.39 is 29.0 Å². The van der Waals surface area contributed by atoms with E-state index in [1.807, 2.05) is 0 Å². The zero-order valence-corrected chi connectivity index (χ0v) is 16.8. The van der Waals surface area contributed by atoms with E-state index >= 15 is 0 Å². The normalized spacial score (nSPS) is 11.4. The topological polar surface area (TPSA) is 100 Å². The molecule has 0 aliphatic carbocycles. The van der Waals surface area contributed by atoms with Gasteiger partial charge in [-0.1, -0.05) is 0 Å². The molecule has 0 fully saturated rings. The van der Waals surface area contributed by atoms with E-state index in [2.05, 4.69) is 10.1 Å². The number of carbonyl (C=O) groups excluding carboxylic acids is 3. The standard InChI is InChI=1S/C19H27NO7/c1-18(2,3)27-17(23)20-11-19(4,5)16(22)26-13-9-8-12(15(21)25-7)10-14(13)24-6/h8-10H,11H2,1-7H3,(H,20,23). The summed E-state index contributed by atoms with van der Waals surface area (Å²) in [6.07, 6.45) is -0.622. The second kappa shape index (κ2) is 8.75. The zero-order chi connectivity index (χ0) is 20.8. The number of nitrogens with one attached hydrogen (secondary N) is 1. The van der Waals surface area contributed by atoms with Gasteiger partial charge in [0.2, 0.25) is 0 Å². The zero-order valence-electron chi connectivity index (χ0n) is 16.8. The largest absolute Gasteiger partial charge is 0.493 e. The fourth-order valence-electron chi connectivity index (χ4n) is 1.91. The lowest BCUT2D eigenvalue weighted by molar-refractivity contribution is -0.143. The number of amides is 1. The molecule has 0 aromatic heterocycles. The average molecular weight is 381 g/mol. The Balaban J connectivity index is 2.81. The molecule has 0 bridgehead atoms. The Morgan fingerprint density at radius 3 is 2.15 bits per heavy atom. The third-order valence-corrected chi connectivity index (χ3v) is 3.41. The van der Waals surface area contributed by atoms with Gasteiger partial charge in [0.05, 0.1) is 25.2 Å². The molecular weight excluding hydrogens is 354 g/mol. The fraction of sp³-hybridized carbons (Fsp3) is 0.526. The van der Waals surface area contributed by atoms with Crippen LogP contribution in [-0.2, 0) is 14.3 Å². The van der Waals surface area contributed by atoms with Crippen LogP contribution in [0.5, 0.6) is 11.5 Å². The van der Waals surface area contributed by atoms with Crippen molar-refractivity contribution in [3.8, 4) is 11.5 Å². The highest BCUT2D eigenvalue weighted by molar-refractivity contribution is 5.90. The predicted molar refractivity (Wildman–Crippen MR) is 98.0 cm³/mol. The van der Waals surface area contributed by atoms with Crippen LogP contribution in [0.3, 0.4) is 0 Å². The van der Waals surface area contributed by atoms with Crippen LogP contribution in [0.1, 0.15) is 45.0 Å². The molecule has 0 saturated heterocycles. The molecule has 0 saturated carbocycles. The van der Waals surface area contributed by atoms with E-state index in [9.17, 15) is 14.4 Å². The minimum absolute atomic E-state index is 0.0172. The first kappa shape index (κ1) is 22.3. The summed E-state index contributed by atoms with van der Waals surface area (Å²) in [5.41, 5.74) is -1.40. The quantitative estimate of drug-likeness (QED) is 0.597. The van der Waals surface area contributed by atoms with Gasteiger partial charge in [-0.05, 0) is 52.8 Å². The summed E-state index contributed by atoms with van der Waals surface area (Å²) in [4.78, 5) is 35.9. The van der Waals surface area contributed by atoms with Crippen LogP contribution >= 0.6 is 0 Å². The van der Waals surface area contributed by atoms with E-state index in [0.29, 0.717) is 0 Å². The van der Waals surface area contributed by atoms with Gasteiger partial charge in [-0.3, -0.25) is 4.79 Å². The molecule has 0 atom stereocenters. The molecule has 0 aliphatic rings. The molecule has 0 unspecified atom stereocenters. The van der Waals surface area contributed by atoms with E-state index in [4.69, 9.17) is 14.2 Å². The van der Waals surface area contributed by atoms with Gasteiger partial charge in [0.25, 0.3) is 0 Å². The van der Waals surface area contributed by atoms with Crippen LogP contribution < -0.4 is 14.8 Å². The third kappa shape index (κ3) is 6.80. The second-order valence-electron chi connectivity index (χ2n) is 7.49. The maximum atomic E-state index is 12.5. The van der Waals surface area contributed by atoms with Gasteiger partial charge in [0, 0.05) is 6.54 Å². The number of benzene rings is 1. The van der Waals surface area contributed by atoms with Crippen LogP contribution in [0.15, 0.2) is 18.2 Å². The minimum Gasteiger partial charge on any atom is -0.493 e. The molecule has 8 heteroatoms. The Kier molecular flexibility index (Phi) is 7.21. The molecule has 1 rings (SSSR count). The van der Waals surface area contributed by atoms with Crippen molar-refractivity contribution in [2.24, 2.45) is 5.41 Å². The van der Waals surface area contributed by atoms with Gasteiger partial charge >= 0.3 is 18.0 Å². The van der Waals surface area contributed by atoms with E-state index in [1.165, 1.54) is 32.4 Å². The summed E-state index contributed by atoms with van der Waals surface area (Å²) in [6.45, 7) is 8.51. The van der Waals surface area contributed by atoms with Gasteiger partial charge in [-0.15, -0.1) is 0 Å². The Hall–Kier alpha value is -2.77. The number of alkyl carbamates (subject to hydrolysis) is 1. The van der Waals surface area contributed by atoms with Crippen LogP contribution in [0.25, 0.3) is 0 Å². The summed E-state index contributed by atoms with van der Waals surface area (Å²) in [5.74, 6) is -0.751. The lowest BCUT2D eigenvalue weighted by atomic mass is 9.94. The lowest BCUT2D eigenvalue weighted by Crippen LogP contribution is -2.42. The molecule has 1 aromatic carbocycles. The summed E-state index contributed by atoms with van der Waals surface area (Å²) in [6, 6.07) is 4.32. The molecular formula is C19H27NO7. The van der Waals surface area contributed by atoms with Crippen LogP contribution in [-0.4, -0.2) is 44.4 Å². The highest BCUT2D eigenvalue weighted by Crippen LogP contribution is 2.30. The summed E-state index contributed by atoms with van der Waals surface area (Å²) in [5, 5.41) is 2.55. The Labute approximate surface area is 159 Å². The summed E-state index contributed by atoms with van der Waals surface area (Å²) >= 11 is 0. The highest BCUT2D eigenvalue weighted by atomic mass is 16.6. The smallest absolute Gasteiger partial charge is 0.407 e. The van der Waals surface area contributed by atoms with E-state index in [0.717, 1.165) is 0 Å². The first-order valence-corrected chi connectivity index (χ1v) is 8.35. The second-order valence-corrected chi connectivity index (χ2v) is 7.49. The third-order valence-electron chi connectivity index (χ3n) is 3.41. The molecule has 1 amide bonds. The van der Waals surface area contributed by atoms with Crippen LogP contribution in [0.4, 0.5) is 4.79 Å². The first-order chi connectivity index (χ1) is 12.4. The van der Waals surface area contributed by atoms with Gasteiger partial charge in [-0.25, -0.2) is 9.59 Å². The van der Waals surface area contributed by atoms with E-state index in [1.54, 1.807) is 34.6 Å². The monoisotopic (exact) mass is 381 g/mol. The van der Waals surface area contributed by atoms with Gasteiger partial charge in [0.15, 0.2) is 11.5 Å². The van der Waals surface area contributed by atoms with E-state index in [-0.39, 0.29) is 23.6 Å². The van der Waals surface area contributed by atoms with Crippen molar-refractivity contribution in [2.75, 3.05) is 20.8 Å². The number of carbonyl (C=O) groups is 3. The summed E-state index contributed by atoms with van der Waals surface area (Å²) < 4.78 is 20.4. The van der Waals surface area contributed by atoms with Gasteiger partial charge in [0.1, 0.15) is 5.60 Å². The molecule has 150 valence electrons. The molecule has 8 nitrogen and oxygen atoms in total. The fourth-order valence-corrected chi connectivity index (χ4v) is 1.91. The number of rotatable bonds is 6. The average Bonchev–Trinajstić information content (AvgIpc) is 2.58. The lowest BCUT2D eigenvalue weighted by Gasteiger charge is -2.25. The van der Waals surface area contributed by atoms with Crippen molar-refractivity contribution in [1.82, 2.24) is 5.32 Å². The van der Waals surface area contributed by atoms with Crippen molar-refractivity contribution >= 4 is 18.0 Å². The molecule has 0 aliphatic heterocycles. The number of hydrogen-bond donors (Lipinski definition) is 1. The Morgan fingerprint density at radius 1 is 1.00 bits per heavy atom. The summed E-state index contributed by atoms with van der Waals surface area (Å²) in [7, 11) is 2.66. The molecule has 0 spiro atoms. The SMILES string of the molecule is COC(=O)c1ccc(OC(=O)C(C)(C)CNC(=O)OC(C)(C)C)c(OC)c1. The van der Waals surface area contributed by atoms with Crippen LogP contribution in [0, 0.1) is 5.41 Å².